The van der Waals surface area contributed by atoms with Crippen molar-refractivity contribution >= 4 is 17.7 Å². The first-order valence-electron chi connectivity index (χ1n) is 4.36. The van der Waals surface area contributed by atoms with Gasteiger partial charge >= 0.3 is 5.97 Å². The fourth-order valence-corrected chi connectivity index (χ4v) is 1.55. The Kier molecular flexibility index (Phi) is 3.57. The van der Waals surface area contributed by atoms with Gasteiger partial charge in [-0.3, -0.25) is 0 Å². The van der Waals surface area contributed by atoms with Crippen molar-refractivity contribution in [2.45, 2.75) is 31.2 Å². The number of nitrogens with zero attached hydrogens (tertiary/aromatic N) is 1. The van der Waals surface area contributed by atoms with Crippen LogP contribution in [-0.4, -0.2) is 21.3 Å². The van der Waals surface area contributed by atoms with E-state index >= 15 is 0 Å². The maximum Gasteiger partial charge on any atom is 0.357 e. The molecule has 1 N–H and O–H groups in total. The number of rotatable bonds is 4. The summed E-state index contributed by atoms with van der Waals surface area (Å²) in [6.07, 6.45) is 1.16. The Hall–Kier alpha value is -0.970. The number of hydrogen-bond donors (Lipinski definition) is 1. The van der Waals surface area contributed by atoms with E-state index in [-0.39, 0.29) is 5.69 Å². The third-order valence-corrected chi connectivity index (χ3v) is 3.23. The molecule has 1 unspecified atom stereocenters. The summed E-state index contributed by atoms with van der Waals surface area (Å²) in [6.45, 7) is 6.25. The molecular weight excluding hydrogens is 202 g/mol. The molecule has 0 bridgehead atoms. The molecule has 1 heterocycles. The summed E-state index contributed by atoms with van der Waals surface area (Å²) in [5.41, 5.74) is -0.0385. The standard InChI is InChI=1S/C9H13NO3S/c1-5(2)6(3)14-9-10-7(4-13-9)8(11)12/h4-6H,1-3H3,(H,11,12). The molecule has 1 aromatic rings. The molecule has 0 spiro atoms. The summed E-state index contributed by atoms with van der Waals surface area (Å²) in [5.74, 6) is -0.557. The zero-order valence-electron chi connectivity index (χ0n) is 8.35. The Labute approximate surface area is 86.7 Å². The van der Waals surface area contributed by atoms with Crippen LogP contribution in [0.4, 0.5) is 0 Å². The van der Waals surface area contributed by atoms with Crippen LogP contribution in [0.2, 0.25) is 0 Å². The Morgan fingerprint density at radius 2 is 2.21 bits per heavy atom. The van der Waals surface area contributed by atoms with Gasteiger partial charge in [-0.05, 0) is 5.92 Å². The van der Waals surface area contributed by atoms with Gasteiger partial charge in [0.2, 0.25) is 0 Å². The molecule has 0 fully saturated rings. The molecule has 5 heteroatoms. The molecule has 0 amide bonds. The Balaban J connectivity index is 2.64. The summed E-state index contributed by atoms with van der Waals surface area (Å²) in [5, 5.41) is 9.39. The highest BCUT2D eigenvalue weighted by molar-refractivity contribution is 7.99. The van der Waals surface area contributed by atoms with E-state index in [1.54, 1.807) is 0 Å². The van der Waals surface area contributed by atoms with E-state index in [1.165, 1.54) is 11.8 Å². The molecule has 14 heavy (non-hydrogen) atoms. The number of carboxylic acid groups (broad SMARTS) is 1. The van der Waals surface area contributed by atoms with Crippen molar-refractivity contribution in [3.8, 4) is 0 Å². The van der Waals surface area contributed by atoms with Gasteiger partial charge in [-0.1, -0.05) is 32.5 Å². The molecule has 0 saturated carbocycles. The van der Waals surface area contributed by atoms with Crippen molar-refractivity contribution in [1.29, 1.82) is 0 Å². The number of aromatic carboxylic acids is 1. The van der Waals surface area contributed by atoms with Crippen molar-refractivity contribution in [2.24, 2.45) is 5.92 Å². The molecule has 1 aromatic heterocycles. The molecule has 0 aromatic carbocycles. The third-order valence-electron chi connectivity index (χ3n) is 1.93. The third kappa shape index (κ3) is 2.77. The van der Waals surface area contributed by atoms with Crippen LogP contribution in [0.25, 0.3) is 0 Å². The van der Waals surface area contributed by atoms with Gasteiger partial charge in [0.25, 0.3) is 5.22 Å². The Morgan fingerprint density at radius 3 is 2.64 bits per heavy atom. The van der Waals surface area contributed by atoms with Crippen LogP contribution in [0.15, 0.2) is 15.9 Å². The largest absolute Gasteiger partial charge is 0.476 e. The van der Waals surface area contributed by atoms with E-state index in [4.69, 9.17) is 9.52 Å². The zero-order chi connectivity index (χ0) is 10.7. The number of thioether (sulfide) groups is 1. The van der Waals surface area contributed by atoms with Gasteiger partial charge in [0.15, 0.2) is 5.69 Å². The van der Waals surface area contributed by atoms with E-state index in [9.17, 15) is 4.79 Å². The summed E-state index contributed by atoms with van der Waals surface area (Å²) in [4.78, 5) is 14.3. The minimum Gasteiger partial charge on any atom is -0.476 e. The van der Waals surface area contributed by atoms with Gasteiger partial charge in [0, 0.05) is 5.25 Å². The van der Waals surface area contributed by atoms with Crippen molar-refractivity contribution in [2.75, 3.05) is 0 Å². The van der Waals surface area contributed by atoms with Crippen LogP contribution >= 0.6 is 11.8 Å². The first-order chi connectivity index (χ1) is 6.50. The maximum absolute atomic E-state index is 10.5. The van der Waals surface area contributed by atoms with Crippen molar-refractivity contribution in [1.82, 2.24) is 4.98 Å². The predicted molar refractivity (Wildman–Crippen MR) is 53.6 cm³/mol. The normalized spacial score (nSPS) is 13.1. The molecule has 1 rings (SSSR count). The topological polar surface area (TPSA) is 63.3 Å². The average molecular weight is 215 g/mol. The maximum atomic E-state index is 10.5. The lowest BCUT2D eigenvalue weighted by molar-refractivity contribution is 0.0690. The second-order valence-corrected chi connectivity index (χ2v) is 4.70. The quantitative estimate of drug-likeness (QED) is 0.782. The highest BCUT2D eigenvalue weighted by Gasteiger charge is 2.15. The van der Waals surface area contributed by atoms with E-state index in [2.05, 4.69) is 25.8 Å². The summed E-state index contributed by atoms with van der Waals surface area (Å²) in [7, 11) is 0. The lowest BCUT2D eigenvalue weighted by atomic mass is 10.2. The monoisotopic (exact) mass is 215 g/mol. The van der Waals surface area contributed by atoms with Crippen molar-refractivity contribution in [3.05, 3.63) is 12.0 Å². The van der Waals surface area contributed by atoms with Gasteiger partial charge < -0.3 is 9.52 Å². The molecule has 0 aliphatic rings. The summed E-state index contributed by atoms with van der Waals surface area (Å²) < 4.78 is 5.02. The number of oxazole rings is 1. The zero-order valence-corrected chi connectivity index (χ0v) is 9.17. The van der Waals surface area contributed by atoms with Gasteiger partial charge in [-0.25, -0.2) is 4.79 Å². The van der Waals surface area contributed by atoms with Crippen LogP contribution < -0.4 is 0 Å². The number of hydrogen-bond acceptors (Lipinski definition) is 4. The molecule has 1 atom stereocenters. The molecule has 0 aliphatic carbocycles. The van der Waals surface area contributed by atoms with E-state index in [1.807, 2.05) is 0 Å². The Morgan fingerprint density at radius 1 is 1.57 bits per heavy atom. The highest BCUT2D eigenvalue weighted by Crippen LogP contribution is 2.26. The molecular formula is C9H13NO3S. The molecule has 0 radical (unpaired) electrons. The van der Waals surface area contributed by atoms with Crippen LogP contribution in [0.5, 0.6) is 0 Å². The second kappa shape index (κ2) is 4.50. The van der Waals surface area contributed by atoms with Crippen LogP contribution in [0, 0.1) is 5.92 Å². The molecule has 0 saturated heterocycles. The number of carbonyl (C=O) groups is 1. The van der Waals surface area contributed by atoms with E-state index < -0.39 is 5.97 Å². The van der Waals surface area contributed by atoms with E-state index in [0.717, 1.165) is 6.26 Å². The lowest BCUT2D eigenvalue weighted by Crippen LogP contribution is -2.05. The molecule has 78 valence electrons. The van der Waals surface area contributed by atoms with E-state index in [0.29, 0.717) is 16.4 Å². The smallest absolute Gasteiger partial charge is 0.357 e. The fraction of sp³-hybridized carbons (Fsp3) is 0.556. The first kappa shape index (κ1) is 11.1. The second-order valence-electron chi connectivity index (χ2n) is 3.37. The Bertz CT molecular complexity index is 322. The van der Waals surface area contributed by atoms with Gasteiger partial charge in [-0.2, -0.15) is 4.98 Å². The summed E-state index contributed by atoms with van der Waals surface area (Å²) >= 11 is 1.45. The first-order valence-corrected chi connectivity index (χ1v) is 5.24. The highest BCUT2D eigenvalue weighted by atomic mass is 32.2. The predicted octanol–water partition coefficient (Wildman–Crippen LogP) is 2.51. The van der Waals surface area contributed by atoms with Crippen LogP contribution in [0.1, 0.15) is 31.3 Å². The fourth-order valence-electron chi connectivity index (χ4n) is 0.705. The molecule has 0 aliphatic heterocycles. The lowest BCUT2D eigenvalue weighted by Gasteiger charge is -2.11. The van der Waals surface area contributed by atoms with Crippen LogP contribution in [0.3, 0.4) is 0 Å². The average Bonchev–Trinajstić information content (AvgIpc) is 2.52. The number of aromatic nitrogens is 1. The summed E-state index contributed by atoms with van der Waals surface area (Å²) in [6, 6.07) is 0. The number of carboxylic acids is 1. The van der Waals surface area contributed by atoms with Crippen molar-refractivity contribution in [3.63, 3.8) is 0 Å². The van der Waals surface area contributed by atoms with Gasteiger partial charge in [-0.15, -0.1) is 0 Å². The van der Waals surface area contributed by atoms with Gasteiger partial charge in [0.05, 0.1) is 0 Å². The van der Waals surface area contributed by atoms with Gasteiger partial charge in [0.1, 0.15) is 6.26 Å². The van der Waals surface area contributed by atoms with Crippen LogP contribution in [-0.2, 0) is 0 Å². The minimum absolute atomic E-state index is 0.0385. The minimum atomic E-state index is -1.06. The molecule has 4 nitrogen and oxygen atoms in total. The SMILES string of the molecule is CC(C)C(C)Sc1nc(C(=O)O)co1. The van der Waals surface area contributed by atoms with Crippen molar-refractivity contribution < 1.29 is 14.3 Å².